The van der Waals surface area contributed by atoms with Gasteiger partial charge in [0.2, 0.25) is 0 Å². The van der Waals surface area contributed by atoms with Crippen molar-refractivity contribution >= 4 is 0 Å². The van der Waals surface area contributed by atoms with Gasteiger partial charge in [-0.2, -0.15) is 0 Å². The summed E-state index contributed by atoms with van der Waals surface area (Å²) in [7, 11) is 0. The summed E-state index contributed by atoms with van der Waals surface area (Å²) in [6.45, 7) is 10.6. The molecule has 33 heavy (non-hydrogen) atoms. The Morgan fingerprint density at radius 3 is 2.55 bits per heavy atom. The maximum Gasteiger partial charge on any atom is 0.107 e. The number of rotatable bonds is 11. The van der Waals surface area contributed by atoms with Crippen molar-refractivity contribution in [2.45, 2.75) is 77.5 Å². The Hall–Kier alpha value is -2.06. The predicted octanol–water partition coefficient (Wildman–Crippen LogP) is 5.23. The monoisotopic (exact) mass is 450 g/mol. The lowest BCUT2D eigenvalue weighted by Gasteiger charge is -2.31. The largest absolute Gasteiger partial charge is 0.389 e. The van der Waals surface area contributed by atoms with Gasteiger partial charge in [0.1, 0.15) is 6.61 Å². The van der Waals surface area contributed by atoms with E-state index in [1.807, 2.05) is 0 Å². The van der Waals surface area contributed by atoms with E-state index >= 15 is 0 Å². The van der Waals surface area contributed by atoms with E-state index in [0.717, 1.165) is 19.6 Å². The minimum atomic E-state index is -0.532. The number of hydrogen-bond acceptors (Lipinski definition) is 3. The first-order chi connectivity index (χ1) is 15.8. The highest BCUT2D eigenvalue weighted by atomic mass is 16.5. The molecule has 0 radical (unpaired) electrons. The van der Waals surface area contributed by atoms with Gasteiger partial charge < -0.3 is 14.4 Å². The average Bonchev–Trinajstić information content (AvgIpc) is 3.20. The van der Waals surface area contributed by atoms with Crippen molar-refractivity contribution in [2.75, 3.05) is 26.3 Å². The molecular weight excluding hydrogens is 408 g/mol. The standard InChI is InChI=1S/C29H42N2O2/c1-5-18-33-23-28(32)22-30(19-24-10-7-6-8-11-24)21-27-12-9-17-31(27)20-25-13-15-26(16-14-25)29(2,3)4/h1,9,12-17,24,28,32H,6-8,10-11,18-23H2,2-4H3. The van der Waals surface area contributed by atoms with Gasteiger partial charge in [0.05, 0.1) is 12.7 Å². The van der Waals surface area contributed by atoms with E-state index in [9.17, 15) is 5.11 Å². The van der Waals surface area contributed by atoms with Gasteiger partial charge in [-0.05, 0) is 47.4 Å². The third-order valence-corrected chi connectivity index (χ3v) is 6.69. The van der Waals surface area contributed by atoms with Crippen LogP contribution in [0.25, 0.3) is 0 Å². The van der Waals surface area contributed by atoms with Gasteiger partial charge in [0.15, 0.2) is 0 Å². The number of aliphatic hydroxyl groups excluding tert-OH is 1. The van der Waals surface area contributed by atoms with Crippen LogP contribution in [0.2, 0.25) is 0 Å². The van der Waals surface area contributed by atoms with Crippen LogP contribution in [-0.2, 0) is 23.2 Å². The fraction of sp³-hybridized carbons (Fsp3) is 0.586. The molecular formula is C29H42N2O2. The molecule has 1 aromatic heterocycles. The summed E-state index contributed by atoms with van der Waals surface area (Å²) in [4.78, 5) is 2.41. The first-order valence-corrected chi connectivity index (χ1v) is 12.5. The van der Waals surface area contributed by atoms with Crippen LogP contribution in [0.1, 0.15) is 69.7 Å². The number of hydrogen-bond donors (Lipinski definition) is 1. The van der Waals surface area contributed by atoms with Gasteiger partial charge in [0.25, 0.3) is 0 Å². The lowest BCUT2D eigenvalue weighted by Crippen LogP contribution is -2.38. The maximum absolute atomic E-state index is 10.6. The Bertz CT molecular complexity index is 866. The molecule has 1 aliphatic carbocycles. The summed E-state index contributed by atoms with van der Waals surface area (Å²) in [5.41, 5.74) is 4.12. The van der Waals surface area contributed by atoms with Crippen LogP contribution in [0, 0.1) is 18.3 Å². The van der Waals surface area contributed by atoms with Gasteiger partial charge in [0, 0.05) is 38.1 Å². The minimum Gasteiger partial charge on any atom is -0.389 e. The Morgan fingerprint density at radius 2 is 1.88 bits per heavy atom. The zero-order valence-electron chi connectivity index (χ0n) is 20.8. The normalized spacial score (nSPS) is 16.1. The molecule has 1 saturated carbocycles. The van der Waals surface area contributed by atoms with E-state index in [0.29, 0.717) is 12.5 Å². The third-order valence-electron chi connectivity index (χ3n) is 6.69. The molecule has 0 spiro atoms. The number of nitrogens with zero attached hydrogens (tertiary/aromatic N) is 2. The Balaban J connectivity index is 1.66. The summed E-state index contributed by atoms with van der Waals surface area (Å²) < 4.78 is 7.72. The smallest absolute Gasteiger partial charge is 0.107 e. The Kier molecular flexibility index (Phi) is 9.62. The van der Waals surface area contributed by atoms with E-state index < -0.39 is 6.10 Å². The van der Waals surface area contributed by atoms with Crippen molar-refractivity contribution in [2.24, 2.45) is 5.92 Å². The molecule has 0 aliphatic heterocycles. The van der Waals surface area contributed by atoms with Crippen LogP contribution < -0.4 is 0 Å². The van der Waals surface area contributed by atoms with Gasteiger partial charge in [-0.15, -0.1) is 6.42 Å². The van der Waals surface area contributed by atoms with Crippen LogP contribution in [0.5, 0.6) is 0 Å². The second kappa shape index (κ2) is 12.4. The van der Waals surface area contributed by atoms with Gasteiger partial charge in [-0.1, -0.05) is 70.2 Å². The van der Waals surface area contributed by atoms with Crippen LogP contribution in [0.15, 0.2) is 42.6 Å². The SMILES string of the molecule is C#CCOCC(O)CN(Cc1cccn1Cc1ccc(C(C)(C)C)cc1)CC1CCCCC1. The minimum absolute atomic E-state index is 0.168. The zero-order valence-corrected chi connectivity index (χ0v) is 20.8. The summed E-state index contributed by atoms with van der Waals surface area (Å²) in [5.74, 6) is 3.18. The number of aliphatic hydroxyl groups is 1. The van der Waals surface area contributed by atoms with E-state index in [1.54, 1.807) is 0 Å². The van der Waals surface area contributed by atoms with Crippen LogP contribution in [-0.4, -0.2) is 47.0 Å². The topological polar surface area (TPSA) is 37.6 Å². The van der Waals surface area contributed by atoms with Crippen molar-refractivity contribution < 1.29 is 9.84 Å². The molecule has 0 amide bonds. The highest BCUT2D eigenvalue weighted by molar-refractivity contribution is 5.28. The maximum atomic E-state index is 10.6. The molecule has 1 aliphatic rings. The lowest BCUT2D eigenvalue weighted by molar-refractivity contribution is 0.0209. The molecule has 180 valence electrons. The number of ether oxygens (including phenoxy) is 1. The average molecular weight is 451 g/mol. The molecule has 4 heteroatoms. The van der Waals surface area contributed by atoms with E-state index in [1.165, 1.54) is 48.9 Å². The second-order valence-corrected chi connectivity index (χ2v) is 10.6. The molecule has 1 heterocycles. The fourth-order valence-electron chi connectivity index (χ4n) is 4.83. The molecule has 1 fully saturated rings. The molecule has 0 saturated heterocycles. The number of terminal acetylenes is 1. The highest BCUT2D eigenvalue weighted by Crippen LogP contribution is 2.26. The second-order valence-electron chi connectivity index (χ2n) is 10.6. The Labute approximate surface area is 201 Å². The molecule has 4 nitrogen and oxygen atoms in total. The summed E-state index contributed by atoms with van der Waals surface area (Å²) in [6, 6.07) is 13.3. The quantitative estimate of drug-likeness (QED) is 0.376. The van der Waals surface area contributed by atoms with E-state index in [4.69, 9.17) is 11.2 Å². The molecule has 1 unspecified atom stereocenters. The fourth-order valence-corrected chi connectivity index (χ4v) is 4.83. The van der Waals surface area contributed by atoms with Crippen LogP contribution in [0.3, 0.4) is 0 Å². The molecule has 0 bridgehead atoms. The molecule has 1 atom stereocenters. The first-order valence-electron chi connectivity index (χ1n) is 12.5. The Morgan fingerprint density at radius 1 is 1.15 bits per heavy atom. The zero-order chi connectivity index (χ0) is 23.7. The molecule has 1 N–H and O–H groups in total. The van der Waals surface area contributed by atoms with E-state index in [-0.39, 0.29) is 18.6 Å². The lowest BCUT2D eigenvalue weighted by atomic mass is 9.87. The van der Waals surface area contributed by atoms with Crippen LogP contribution in [0.4, 0.5) is 0 Å². The number of aromatic nitrogens is 1. The molecule has 3 rings (SSSR count). The number of benzene rings is 1. The van der Waals surface area contributed by atoms with Crippen molar-refractivity contribution in [3.8, 4) is 12.3 Å². The first kappa shape index (κ1) is 25.6. The van der Waals surface area contributed by atoms with Gasteiger partial charge in [-0.3, -0.25) is 4.90 Å². The van der Waals surface area contributed by atoms with Crippen molar-refractivity contribution in [3.05, 3.63) is 59.4 Å². The van der Waals surface area contributed by atoms with Gasteiger partial charge >= 0.3 is 0 Å². The predicted molar refractivity (Wildman–Crippen MR) is 136 cm³/mol. The third kappa shape index (κ3) is 8.34. The van der Waals surface area contributed by atoms with E-state index in [2.05, 4.69) is 78.8 Å². The highest BCUT2D eigenvalue weighted by Gasteiger charge is 2.21. The van der Waals surface area contributed by atoms with Crippen molar-refractivity contribution in [1.82, 2.24) is 9.47 Å². The van der Waals surface area contributed by atoms with Crippen molar-refractivity contribution in [1.29, 1.82) is 0 Å². The van der Waals surface area contributed by atoms with Crippen molar-refractivity contribution in [3.63, 3.8) is 0 Å². The summed E-state index contributed by atoms with van der Waals surface area (Å²) in [5, 5.41) is 10.6. The molecule has 2 aromatic rings. The summed E-state index contributed by atoms with van der Waals surface area (Å²) in [6.07, 6.45) is 13.5. The van der Waals surface area contributed by atoms with Gasteiger partial charge in [-0.25, -0.2) is 0 Å². The van der Waals surface area contributed by atoms with Crippen LogP contribution >= 0.6 is 0 Å². The summed E-state index contributed by atoms with van der Waals surface area (Å²) >= 11 is 0. The molecule has 1 aromatic carbocycles.